The van der Waals surface area contributed by atoms with Crippen molar-refractivity contribution in [1.82, 2.24) is 5.32 Å². The second-order valence-electron chi connectivity index (χ2n) is 5.90. The molecule has 0 aromatic heterocycles. The van der Waals surface area contributed by atoms with E-state index in [9.17, 15) is 4.39 Å². The number of ether oxygens (including phenoxy) is 2. The molecule has 0 unspecified atom stereocenters. The molecule has 0 saturated heterocycles. The van der Waals surface area contributed by atoms with Crippen molar-refractivity contribution in [3.63, 3.8) is 0 Å². The highest BCUT2D eigenvalue weighted by Gasteiger charge is 2.14. The molecule has 0 aliphatic carbocycles. The summed E-state index contributed by atoms with van der Waals surface area (Å²) < 4.78 is 25.6. The summed E-state index contributed by atoms with van der Waals surface area (Å²) in [7, 11) is 0. The molecule has 25 heavy (non-hydrogen) atoms. The van der Waals surface area contributed by atoms with E-state index >= 15 is 0 Å². The van der Waals surface area contributed by atoms with Crippen molar-refractivity contribution in [3.8, 4) is 11.5 Å². The monoisotopic (exact) mass is 429 g/mol. The molecule has 1 N–H and O–H groups in total. The first kappa shape index (κ1) is 20.0. The van der Waals surface area contributed by atoms with Crippen molar-refractivity contribution in [2.45, 2.75) is 40.0 Å². The predicted octanol–water partition coefficient (Wildman–Crippen LogP) is 5.72. The third-order valence-corrected chi connectivity index (χ3v) is 4.41. The van der Waals surface area contributed by atoms with Gasteiger partial charge in [-0.15, -0.1) is 0 Å². The van der Waals surface area contributed by atoms with Gasteiger partial charge in [0, 0.05) is 18.2 Å². The van der Waals surface area contributed by atoms with Gasteiger partial charge in [-0.3, -0.25) is 0 Å². The fraction of sp³-hybridized carbons (Fsp3) is 0.368. The van der Waals surface area contributed by atoms with Gasteiger partial charge < -0.3 is 14.8 Å². The van der Waals surface area contributed by atoms with Crippen LogP contribution in [0.5, 0.6) is 11.5 Å². The van der Waals surface area contributed by atoms with Crippen LogP contribution in [0.1, 0.15) is 31.9 Å². The Morgan fingerprint density at radius 3 is 2.60 bits per heavy atom. The zero-order valence-electron chi connectivity index (χ0n) is 14.5. The van der Waals surface area contributed by atoms with Gasteiger partial charge in [0.2, 0.25) is 0 Å². The summed E-state index contributed by atoms with van der Waals surface area (Å²) in [6.07, 6.45) is 0. The summed E-state index contributed by atoms with van der Waals surface area (Å²) >= 11 is 9.61. The van der Waals surface area contributed by atoms with Gasteiger partial charge in [0.25, 0.3) is 0 Å². The second-order valence-corrected chi connectivity index (χ2v) is 7.16. The normalized spacial score (nSPS) is 11.0. The minimum absolute atomic E-state index is 0.224. The quantitative estimate of drug-likeness (QED) is 0.581. The summed E-state index contributed by atoms with van der Waals surface area (Å²) in [6.45, 7) is 7.61. The molecule has 0 aliphatic rings. The van der Waals surface area contributed by atoms with Crippen molar-refractivity contribution in [2.24, 2.45) is 0 Å². The number of halogens is 3. The minimum atomic E-state index is -0.369. The Morgan fingerprint density at radius 2 is 1.96 bits per heavy atom. The number of rotatable bonds is 8. The van der Waals surface area contributed by atoms with Gasteiger partial charge in [0.1, 0.15) is 12.4 Å². The maximum Gasteiger partial charge on any atom is 0.175 e. The van der Waals surface area contributed by atoms with E-state index in [1.165, 1.54) is 12.1 Å². The average Bonchev–Trinajstić information content (AvgIpc) is 2.54. The van der Waals surface area contributed by atoms with E-state index < -0.39 is 0 Å². The highest BCUT2D eigenvalue weighted by atomic mass is 79.9. The lowest BCUT2D eigenvalue weighted by molar-refractivity contribution is 0.267. The van der Waals surface area contributed by atoms with E-state index in [2.05, 4.69) is 35.1 Å². The number of hydrogen-bond acceptors (Lipinski definition) is 3. The van der Waals surface area contributed by atoms with E-state index in [-0.39, 0.29) is 12.4 Å². The summed E-state index contributed by atoms with van der Waals surface area (Å²) in [5.74, 6) is 0.901. The molecular weight excluding hydrogens is 409 g/mol. The van der Waals surface area contributed by atoms with Crippen LogP contribution in [-0.2, 0) is 13.2 Å². The van der Waals surface area contributed by atoms with Gasteiger partial charge >= 0.3 is 0 Å². The fourth-order valence-corrected chi connectivity index (χ4v) is 3.06. The first-order chi connectivity index (χ1) is 11.9. The smallest absolute Gasteiger partial charge is 0.175 e. The summed E-state index contributed by atoms with van der Waals surface area (Å²) in [4.78, 5) is 0. The Bertz CT molecular complexity index is 725. The Balaban J connectivity index is 2.20. The van der Waals surface area contributed by atoms with E-state index in [1.54, 1.807) is 6.07 Å². The molecule has 3 nitrogen and oxygen atoms in total. The molecule has 2 rings (SSSR count). The summed E-state index contributed by atoms with van der Waals surface area (Å²) in [5.41, 5.74) is 1.80. The standard InChI is InChI=1S/C19H22BrClFNO2/c1-4-24-18-8-13(10-23-12(2)3)7-16(20)19(18)25-11-14-5-6-15(22)9-17(14)21/h5-9,12,23H,4,10-11H2,1-3H3. The molecule has 0 radical (unpaired) electrons. The van der Waals surface area contributed by atoms with E-state index in [0.29, 0.717) is 34.7 Å². The zero-order chi connectivity index (χ0) is 18.4. The van der Waals surface area contributed by atoms with Crippen LogP contribution < -0.4 is 14.8 Å². The van der Waals surface area contributed by atoms with Crippen LogP contribution in [0.15, 0.2) is 34.8 Å². The molecular formula is C19H22BrClFNO2. The number of hydrogen-bond donors (Lipinski definition) is 1. The SMILES string of the molecule is CCOc1cc(CNC(C)C)cc(Br)c1OCc1ccc(F)cc1Cl. The molecule has 0 spiro atoms. The van der Waals surface area contributed by atoms with Crippen molar-refractivity contribution in [2.75, 3.05) is 6.61 Å². The van der Waals surface area contributed by atoms with Crippen molar-refractivity contribution >= 4 is 27.5 Å². The van der Waals surface area contributed by atoms with Gasteiger partial charge in [0.15, 0.2) is 11.5 Å². The van der Waals surface area contributed by atoms with Crippen LogP contribution in [0.3, 0.4) is 0 Å². The number of nitrogens with one attached hydrogen (secondary N) is 1. The molecule has 0 atom stereocenters. The van der Waals surface area contributed by atoms with E-state index in [1.807, 2.05) is 19.1 Å². The van der Waals surface area contributed by atoms with Crippen molar-refractivity contribution in [1.29, 1.82) is 0 Å². The van der Waals surface area contributed by atoms with Crippen molar-refractivity contribution in [3.05, 3.63) is 56.8 Å². The minimum Gasteiger partial charge on any atom is -0.490 e. The molecule has 0 fully saturated rings. The lowest BCUT2D eigenvalue weighted by atomic mass is 10.2. The fourth-order valence-electron chi connectivity index (χ4n) is 2.24. The highest BCUT2D eigenvalue weighted by molar-refractivity contribution is 9.10. The summed E-state index contributed by atoms with van der Waals surface area (Å²) in [5, 5.41) is 3.72. The Morgan fingerprint density at radius 1 is 1.20 bits per heavy atom. The maximum atomic E-state index is 13.2. The van der Waals surface area contributed by atoms with Crippen LogP contribution in [0.25, 0.3) is 0 Å². The third kappa shape index (κ3) is 5.87. The Labute approximate surface area is 161 Å². The molecule has 0 bridgehead atoms. The zero-order valence-corrected chi connectivity index (χ0v) is 16.9. The average molecular weight is 431 g/mol. The first-order valence-corrected chi connectivity index (χ1v) is 9.33. The molecule has 0 aliphatic heterocycles. The van der Waals surface area contributed by atoms with Crippen molar-refractivity contribution < 1.29 is 13.9 Å². The Hall–Kier alpha value is -1.30. The van der Waals surface area contributed by atoms with Gasteiger partial charge in [0.05, 0.1) is 16.1 Å². The molecule has 2 aromatic rings. The van der Waals surface area contributed by atoms with Gasteiger partial charge in [-0.05, 0) is 52.7 Å². The van der Waals surface area contributed by atoms with Crippen LogP contribution >= 0.6 is 27.5 Å². The molecule has 0 heterocycles. The van der Waals surface area contributed by atoms with Crippen LogP contribution in [0.4, 0.5) is 4.39 Å². The largest absolute Gasteiger partial charge is 0.490 e. The summed E-state index contributed by atoms with van der Waals surface area (Å²) in [6, 6.07) is 8.62. The predicted molar refractivity (Wildman–Crippen MR) is 103 cm³/mol. The molecule has 0 saturated carbocycles. The lowest BCUT2D eigenvalue weighted by Gasteiger charge is -2.17. The van der Waals surface area contributed by atoms with Crippen LogP contribution in [0, 0.1) is 5.82 Å². The highest BCUT2D eigenvalue weighted by Crippen LogP contribution is 2.38. The Kier molecular flexibility index (Phi) is 7.54. The van der Waals surface area contributed by atoms with E-state index in [0.717, 1.165) is 16.6 Å². The van der Waals surface area contributed by atoms with Crippen LogP contribution in [-0.4, -0.2) is 12.6 Å². The first-order valence-electron chi connectivity index (χ1n) is 8.16. The molecule has 6 heteroatoms. The second kappa shape index (κ2) is 9.41. The lowest BCUT2D eigenvalue weighted by Crippen LogP contribution is -2.21. The van der Waals surface area contributed by atoms with Gasteiger partial charge in [-0.2, -0.15) is 0 Å². The van der Waals surface area contributed by atoms with Crippen LogP contribution in [0.2, 0.25) is 5.02 Å². The molecule has 136 valence electrons. The van der Waals surface area contributed by atoms with Gasteiger partial charge in [-0.25, -0.2) is 4.39 Å². The third-order valence-electron chi connectivity index (χ3n) is 3.47. The molecule has 2 aromatic carbocycles. The van der Waals surface area contributed by atoms with Gasteiger partial charge in [-0.1, -0.05) is 31.5 Å². The topological polar surface area (TPSA) is 30.5 Å². The van der Waals surface area contributed by atoms with E-state index in [4.69, 9.17) is 21.1 Å². The number of benzene rings is 2. The maximum absolute atomic E-state index is 13.2. The molecule has 0 amide bonds.